The molecule has 124 valence electrons. The van der Waals surface area contributed by atoms with Crippen LogP contribution in [0.4, 0.5) is 4.79 Å². The normalized spacial score (nSPS) is 13.7. The van der Waals surface area contributed by atoms with Crippen LogP contribution in [0.2, 0.25) is 0 Å². The summed E-state index contributed by atoms with van der Waals surface area (Å²) in [5.41, 5.74) is 1.72. The minimum Gasteiger partial charge on any atom is -0.394 e. The predicted molar refractivity (Wildman–Crippen MR) is 89.6 cm³/mol. The van der Waals surface area contributed by atoms with Crippen molar-refractivity contribution in [3.05, 3.63) is 35.4 Å². The number of nitrogens with one attached hydrogen (secondary N) is 2. The number of carbonyl (C=O) groups is 1. The van der Waals surface area contributed by atoms with Gasteiger partial charge in [-0.15, -0.1) is 0 Å². The fourth-order valence-corrected chi connectivity index (χ4v) is 2.44. The first-order valence-electron chi connectivity index (χ1n) is 7.78. The summed E-state index contributed by atoms with van der Waals surface area (Å²) in [6, 6.07) is 7.92. The average molecular weight is 307 g/mol. The number of aliphatic hydroxyl groups is 1. The molecule has 0 heterocycles. The molecule has 1 aromatic carbocycles. The van der Waals surface area contributed by atoms with E-state index in [2.05, 4.69) is 27.7 Å². The molecule has 5 nitrogen and oxygen atoms in total. The first-order chi connectivity index (χ1) is 10.4. The van der Waals surface area contributed by atoms with Gasteiger partial charge in [0.15, 0.2) is 0 Å². The first-order valence-corrected chi connectivity index (χ1v) is 7.78. The number of hydrogen-bond acceptors (Lipinski definition) is 3. The number of amides is 2. The van der Waals surface area contributed by atoms with Gasteiger partial charge in [0, 0.05) is 13.1 Å². The Hall–Kier alpha value is -1.59. The van der Waals surface area contributed by atoms with Crippen molar-refractivity contribution in [2.45, 2.75) is 45.3 Å². The van der Waals surface area contributed by atoms with E-state index >= 15 is 0 Å². The molecule has 1 unspecified atom stereocenters. The van der Waals surface area contributed by atoms with Crippen LogP contribution in [-0.2, 0) is 13.1 Å². The molecule has 0 aromatic heterocycles. The van der Waals surface area contributed by atoms with Crippen molar-refractivity contribution in [2.75, 3.05) is 20.7 Å². The van der Waals surface area contributed by atoms with Crippen molar-refractivity contribution in [1.29, 1.82) is 0 Å². The van der Waals surface area contributed by atoms with E-state index in [-0.39, 0.29) is 12.6 Å². The van der Waals surface area contributed by atoms with Crippen LogP contribution in [0.1, 0.15) is 37.8 Å². The number of urea groups is 1. The minimum absolute atomic E-state index is 0.0629. The van der Waals surface area contributed by atoms with Gasteiger partial charge in [0.2, 0.25) is 0 Å². The van der Waals surface area contributed by atoms with Crippen LogP contribution in [-0.4, -0.2) is 42.3 Å². The molecule has 0 aliphatic carbocycles. The molecule has 5 heteroatoms. The zero-order valence-electron chi connectivity index (χ0n) is 14.1. The van der Waals surface area contributed by atoms with E-state index in [1.54, 1.807) is 0 Å². The zero-order chi connectivity index (χ0) is 16.6. The first kappa shape index (κ1) is 18.5. The van der Waals surface area contributed by atoms with Crippen molar-refractivity contribution < 1.29 is 9.90 Å². The van der Waals surface area contributed by atoms with Crippen LogP contribution in [0.5, 0.6) is 0 Å². The van der Waals surface area contributed by atoms with Crippen LogP contribution in [0.25, 0.3) is 0 Å². The summed E-state index contributed by atoms with van der Waals surface area (Å²) >= 11 is 0. The molecule has 1 rings (SSSR count). The van der Waals surface area contributed by atoms with Crippen molar-refractivity contribution in [2.24, 2.45) is 0 Å². The molecule has 3 N–H and O–H groups in total. The Labute approximate surface area is 133 Å². The van der Waals surface area contributed by atoms with Gasteiger partial charge in [0.25, 0.3) is 0 Å². The molecule has 0 saturated heterocycles. The number of nitrogens with zero attached hydrogens (tertiary/aromatic N) is 1. The second kappa shape index (κ2) is 8.76. The van der Waals surface area contributed by atoms with Crippen molar-refractivity contribution >= 4 is 6.03 Å². The number of rotatable bonds is 8. The molecular weight excluding hydrogens is 278 g/mol. The average Bonchev–Trinajstić information content (AvgIpc) is 2.45. The van der Waals surface area contributed by atoms with Crippen LogP contribution < -0.4 is 10.6 Å². The van der Waals surface area contributed by atoms with E-state index in [0.717, 1.165) is 24.9 Å². The molecule has 0 aliphatic rings. The summed E-state index contributed by atoms with van der Waals surface area (Å²) in [6.45, 7) is 5.17. The fourth-order valence-electron chi connectivity index (χ4n) is 2.44. The van der Waals surface area contributed by atoms with Gasteiger partial charge in [-0.05, 0) is 38.6 Å². The number of carbonyl (C=O) groups excluding carboxylic acids is 1. The molecule has 0 radical (unpaired) electrons. The van der Waals surface area contributed by atoms with E-state index in [1.807, 2.05) is 40.1 Å². The topological polar surface area (TPSA) is 64.6 Å². The Morgan fingerprint density at radius 3 is 2.59 bits per heavy atom. The molecule has 0 saturated carbocycles. The highest BCUT2D eigenvalue weighted by Crippen LogP contribution is 2.11. The van der Waals surface area contributed by atoms with Gasteiger partial charge in [-0.1, -0.05) is 37.6 Å². The SMILES string of the molecule is CCCC(C)(CO)NC(=O)NCc1cccc(CN(C)C)c1. The van der Waals surface area contributed by atoms with Gasteiger partial charge < -0.3 is 20.6 Å². The van der Waals surface area contributed by atoms with Crippen molar-refractivity contribution in [3.63, 3.8) is 0 Å². The molecule has 1 atom stereocenters. The van der Waals surface area contributed by atoms with E-state index < -0.39 is 5.54 Å². The summed E-state index contributed by atoms with van der Waals surface area (Å²) in [6.07, 6.45) is 1.65. The van der Waals surface area contributed by atoms with Crippen LogP contribution in [0.3, 0.4) is 0 Å². The maximum absolute atomic E-state index is 12.0. The minimum atomic E-state index is -0.564. The zero-order valence-corrected chi connectivity index (χ0v) is 14.1. The molecule has 22 heavy (non-hydrogen) atoms. The molecule has 0 bridgehead atoms. The van der Waals surface area contributed by atoms with Crippen LogP contribution in [0, 0.1) is 0 Å². The standard InChI is InChI=1S/C17H29N3O2/c1-5-9-17(2,13-21)19-16(22)18-11-14-7-6-8-15(10-14)12-20(3)4/h6-8,10,21H,5,9,11-13H2,1-4H3,(H2,18,19,22). The maximum atomic E-state index is 12.0. The molecule has 2 amide bonds. The second-order valence-electron chi connectivity index (χ2n) is 6.33. The summed E-state index contributed by atoms with van der Waals surface area (Å²) in [4.78, 5) is 14.1. The number of benzene rings is 1. The number of aliphatic hydroxyl groups excluding tert-OH is 1. The number of hydrogen-bond donors (Lipinski definition) is 3. The summed E-state index contributed by atoms with van der Waals surface area (Å²) < 4.78 is 0. The monoisotopic (exact) mass is 307 g/mol. The van der Waals surface area contributed by atoms with Gasteiger partial charge in [-0.2, -0.15) is 0 Å². The Morgan fingerprint density at radius 1 is 1.32 bits per heavy atom. The largest absolute Gasteiger partial charge is 0.394 e. The Bertz CT molecular complexity index is 477. The van der Waals surface area contributed by atoms with Gasteiger partial charge in [0.05, 0.1) is 12.1 Å². The van der Waals surface area contributed by atoms with Crippen LogP contribution >= 0.6 is 0 Å². The molecule has 1 aromatic rings. The molecule has 0 aliphatic heterocycles. The molecular formula is C17H29N3O2. The smallest absolute Gasteiger partial charge is 0.315 e. The lowest BCUT2D eigenvalue weighted by Gasteiger charge is -2.28. The predicted octanol–water partition coefficient (Wildman–Crippen LogP) is 2.10. The summed E-state index contributed by atoms with van der Waals surface area (Å²) in [7, 11) is 4.06. The van der Waals surface area contributed by atoms with Crippen molar-refractivity contribution in [1.82, 2.24) is 15.5 Å². The van der Waals surface area contributed by atoms with Gasteiger partial charge in [0.1, 0.15) is 0 Å². The maximum Gasteiger partial charge on any atom is 0.315 e. The fraction of sp³-hybridized carbons (Fsp3) is 0.588. The van der Waals surface area contributed by atoms with Gasteiger partial charge >= 0.3 is 6.03 Å². The highest BCUT2D eigenvalue weighted by molar-refractivity contribution is 5.74. The highest BCUT2D eigenvalue weighted by Gasteiger charge is 2.24. The second-order valence-corrected chi connectivity index (χ2v) is 6.33. The molecule has 0 fully saturated rings. The third kappa shape index (κ3) is 6.45. The highest BCUT2D eigenvalue weighted by atomic mass is 16.3. The van der Waals surface area contributed by atoms with Crippen molar-refractivity contribution in [3.8, 4) is 0 Å². The van der Waals surface area contributed by atoms with E-state index in [9.17, 15) is 9.90 Å². The molecule has 0 spiro atoms. The van der Waals surface area contributed by atoms with E-state index in [0.29, 0.717) is 6.54 Å². The lowest BCUT2D eigenvalue weighted by atomic mass is 9.98. The Kier molecular flexibility index (Phi) is 7.35. The summed E-state index contributed by atoms with van der Waals surface area (Å²) in [5, 5.41) is 15.1. The lowest BCUT2D eigenvalue weighted by molar-refractivity contribution is 0.163. The third-order valence-electron chi connectivity index (χ3n) is 3.51. The van der Waals surface area contributed by atoms with Crippen LogP contribution in [0.15, 0.2) is 24.3 Å². The quantitative estimate of drug-likeness (QED) is 0.689. The van der Waals surface area contributed by atoms with E-state index in [4.69, 9.17) is 0 Å². The third-order valence-corrected chi connectivity index (χ3v) is 3.51. The van der Waals surface area contributed by atoms with Gasteiger partial charge in [-0.25, -0.2) is 4.79 Å². The van der Waals surface area contributed by atoms with E-state index in [1.165, 1.54) is 5.56 Å². The Morgan fingerprint density at radius 2 is 2.00 bits per heavy atom. The summed E-state index contributed by atoms with van der Waals surface area (Å²) in [5.74, 6) is 0. The Balaban J connectivity index is 2.53. The van der Waals surface area contributed by atoms with Gasteiger partial charge in [-0.3, -0.25) is 0 Å². The lowest BCUT2D eigenvalue weighted by Crippen LogP contribution is -2.52.